The summed E-state index contributed by atoms with van der Waals surface area (Å²) in [4.78, 5) is 18.7. The molecular formula is C27H53NO4. The van der Waals surface area contributed by atoms with Crippen LogP contribution < -0.4 is 0 Å². The van der Waals surface area contributed by atoms with Crippen LogP contribution in [-0.4, -0.2) is 46.5 Å². The largest absolute Gasteiger partial charge is 0.462 e. The molecule has 1 aliphatic rings. The van der Waals surface area contributed by atoms with E-state index in [9.17, 15) is 4.79 Å². The van der Waals surface area contributed by atoms with Crippen LogP contribution in [0.4, 0.5) is 0 Å². The third-order valence-electron chi connectivity index (χ3n) is 6.61. The van der Waals surface area contributed by atoms with Gasteiger partial charge in [-0.15, -0.1) is 0 Å². The van der Waals surface area contributed by atoms with Crippen molar-refractivity contribution in [3.63, 3.8) is 0 Å². The van der Waals surface area contributed by atoms with Crippen molar-refractivity contribution < 1.29 is 19.5 Å². The summed E-state index contributed by atoms with van der Waals surface area (Å²) in [5.74, 6) is -0.0525. The second-order valence-corrected chi connectivity index (χ2v) is 11.0. The smallest absolute Gasteiger partial charge is 0.306 e. The molecule has 0 amide bonds. The van der Waals surface area contributed by atoms with E-state index in [0.29, 0.717) is 13.0 Å². The fraction of sp³-hybridized carbons (Fsp3) is 0.963. The SMILES string of the molecule is CCCCCCCCON1C(C)(C)CC(OC(=O)CCCCCCCCCO)CC1(C)C. The van der Waals surface area contributed by atoms with Gasteiger partial charge in [0.2, 0.25) is 0 Å². The molecule has 1 heterocycles. The number of carbonyl (C=O) groups is 1. The van der Waals surface area contributed by atoms with Crippen LogP contribution >= 0.6 is 0 Å². The zero-order valence-electron chi connectivity index (χ0n) is 21.9. The van der Waals surface area contributed by atoms with E-state index in [-0.39, 0.29) is 23.2 Å². The Morgan fingerprint density at radius 1 is 0.812 bits per heavy atom. The molecule has 0 aromatic carbocycles. The molecule has 1 saturated heterocycles. The van der Waals surface area contributed by atoms with E-state index < -0.39 is 0 Å². The monoisotopic (exact) mass is 455 g/mol. The molecule has 190 valence electrons. The summed E-state index contributed by atoms with van der Waals surface area (Å²) in [6.45, 7) is 12.1. The van der Waals surface area contributed by atoms with Crippen LogP contribution in [-0.2, 0) is 14.4 Å². The van der Waals surface area contributed by atoms with Crippen molar-refractivity contribution in [2.24, 2.45) is 0 Å². The Balaban J connectivity index is 2.31. The van der Waals surface area contributed by atoms with E-state index in [1.807, 2.05) is 0 Å². The summed E-state index contributed by atoms with van der Waals surface area (Å²) in [7, 11) is 0. The maximum atomic E-state index is 12.4. The maximum Gasteiger partial charge on any atom is 0.306 e. The van der Waals surface area contributed by atoms with Crippen LogP contribution in [0.1, 0.15) is 137 Å². The summed E-state index contributed by atoms with van der Waals surface area (Å²) in [6, 6.07) is 0. The number of hydrogen-bond acceptors (Lipinski definition) is 5. The fourth-order valence-corrected chi connectivity index (χ4v) is 5.15. The average molecular weight is 456 g/mol. The van der Waals surface area contributed by atoms with Gasteiger partial charge < -0.3 is 9.84 Å². The molecule has 1 fully saturated rings. The molecule has 5 nitrogen and oxygen atoms in total. The molecule has 0 saturated carbocycles. The zero-order chi connectivity index (χ0) is 23.9. The van der Waals surface area contributed by atoms with Crippen molar-refractivity contribution in [1.82, 2.24) is 5.06 Å². The number of piperidine rings is 1. The Hall–Kier alpha value is -0.650. The molecule has 0 unspecified atom stereocenters. The minimum atomic E-state index is -0.163. The normalized spacial score (nSPS) is 18.7. The van der Waals surface area contributed by atoms with Gasteiger partial charge >= 0.3 is 5.97 Å². The molecular weight excluding hydrogens is 402 g/mol. The van der Waals surface area contributed by atoms with Crippen molar-refractivity contribution >= 4 is 5.97 Å². The minimum absolute atomic E-state index is 0.0418. The Bertz CT molecular complexity index is 474. The predicted octanol–water partition coefficient (Wildman–Crippen LogP) is 6.96. The van der Waals surface area contributed by atoms with Crippen molar-refractivity contribution in [1.29, 1.82) is 0 Å². The van der Waals surface area contributed by atoms with Gasteiger partial charge in [0.1, 0.15) is 6.10 Å². The van der Waals surface area contributed by atoms with E-state index >= 15 is 0 Å². The molecule has 0 atom stereocenters. The van der Waals surface area contributed by atoms with Crippen LogP contribution in [0.3, 0.4) is 0 Å². The topological polar surface area (TPSA) is 59.0 Å². The number of nitrogens with zero attached hydrogens (tertiary/aromatic N) is 1. The van der Waals surface area contributed by atoms with E-state index in [1.165, 1.54) is 44.9 Å². The van der Waals surface area contributed by atoms with E-state index in [0.717, 1.165) is 58.0 Å². The van der Waals surface area contributed by atoms with Crippen LogP contribution in [0.5, 0.6) is 0 Å². The highest BCUT2D eigenvalue weighted by Crippen LogP contribution is 2.40. The highest BCUT2D eigenvalue weighted by molar-refractivity contribution is 5.69. The number of unbranched alkanes of at least 4 members (excludes halogenated alkanes) is 11. The van der Waals surface area contributed by atoms with Crippen molar-refractivity contribution in [2.75, 3.05) is 13.2 Å². The van der Waals surface area contributed by atoms with Gasteiger partial charge in [-0.05, 0) is 47.0 Å². The molecule has 0 bridgehead atoms. The standard InChI is InChI=1S/C27H53NO4/c1-6-7-8-9-15-18-21-31-28-26(2,3)22-24(23-27(28,4)5)32-25(30)19-16-13-11-10-12-14-17-20-29/h24,29H,6-23H2,1-5H3. The van der Waals surface area contributed by atoms with Gasteiger partial charge in [0.15, 0.2) is 0 Å². The quantitative estimate of drug-likeness (QED) is 0.179. The number of aliphatic hydroxyl groups is 1. The lowest BCUT2D eigenvalue weighted by molar-refractivity contribution is -0.293. The van der Waals surface area contributed by atoms with Crippen LogP contribution in [0, 0.1) is 0 Å². The van der Waals surface area contributed by atoms with Gasteiger partial charge in [-0.25, -0.2) is 0 Å². The molecule has 0 spiro atoms. The minimum Gasteiger partial charge on any atom is -0.462 e. The second-order valence-electron chi connectivity index (χ2n) is 11.0. The summed E-state index contributed by atoms with van der Waals surface area (Å²) >= 11 is 0. The predicted molar refractivity (Wildman–Crippen MR) is 132 cm³/mol. The summed E-state index contributed by atoms with van der Waals surface area (Å²) in [5, 5.41) is 11.0. The van der Waals surface area contributed by atoms with Gasteiger partial charge in [0.25, 0.3) is 0 Å². The number of hydroxylamine groups is 2. The highest BCUT2D eigenvalue weighted by Gasteiger charge is 2.47. The molecule has 5 heteroatoms. The third kappa shape index (κ3) is 12.0. The van der Waals surface area contributed by atoms with Gasteiger partial charge in [0, 0.05) is 36.9 Å². The summed E-state index contributed by atoms with van der Waals surface area (Å²) in [5.41, 5.74) is -0.326. The maximum absolute atomic E-state index is 12.4. The Kier molecular flexibility index (Phi) is 14.7. The molecule has 0 radical (unpaired) electrons. The van der Waals surface area contributed by atoms with Gasteiger partial charge in [-0.3, -0.25) is 9.63 Å². The van der Waals surface area contributed by atoms with Crippen molar-refractivity contribution in [3.05, 3.63) is 0 Å². The highest BCUT2D eigenvalue weighted by atomic mass is 16.7. The van der Waals surface area contributed by atoms with Crippen LogP contribution in [0.15, 0.2) is 0 Å². The van der Waals surface area contributed by atoms with Crippen LogP contribution in [0.2, 0.25) is 0 Å². The van der Waals surface area contributed by atoms with E-state index in [4.69, 9.17) is 14.7 Å². The molecule has 0 aromatic rings. The Morgan fingerprint density at radius 3 is 1.88 bits per heavy atom. The van der Waals surface area contributed by atoms with Crippen molar-refractivity contribution in [2.45, 2.75) is 155 Å². The summed E-state index contributed by atoms with van der Waals surface area (Å²) in [6.07, 6.45) is 17.2. The molecule has 1 aliphatic heterocycles. The zero-order valence-corrected chi connectivity index (χ0v) is 21.9. The first-order valence-corrected chi connectivity index (χ1v) is 13.5. The molecule has 0 aliphatic carbocycles. The molecule has 1 rings (SSSR count). The number of rotatable bonds is 18. The second kappa shape index (κ2) is 16.1. The van der Waals surface area contributed by atoms with Gasteiger partial charge in [-0.1, -0.05) is 71.1 Å². The number of aliphatic hydroxyl groups excluding tert-OH is 1. The first kappa shape index (κ1) is 29.4. The number of carbonyl (C=O) groups excluding carboxylic acids is 1. The molecule has 32 heavy (non-hydrogen) atoms. The van der Waals surface area contributed by atoms with E-state index in [2.05, 4.69) is 39.7 Å². The van der Waals surface area contributed by atoms with Crippen LogP contribution in [0.25, 0.3) is 0 Å². The van der Waals surface area contributed by atoms with Crippen molar-refractivity contribution in [3.8, 4) is 0 Å². The van der Waals surface area contributed by atoms with Gasteiger partial charge in [0.05, 0.1) is 6.61 Å². The first-order valence-electron chi connectivity index (χ1n) is 13.5. The Labute approximate surface area is 198 Å². The summed E-state index contributed by atoms with van der Waals surface area (Å²) < 4.78 is 5.90. The molecule has 1 N–H and O–H groups in total. The average Bonchev–Trinajstić information content (AvgIpc) is 2.70. The van der Waals surface area contributed by atoms with E-state index in [1.54, 1.807) is 0 Å². The number of ether oxygens (including phenoxy) is 1. The Morgan fingerprint density at radius 2 is 1.31 bits per heavy atom. The lowest BCUT2D eigenvalue weighted by Crippen LogP contribution is -2.62. The van der Waals surface area contributed by atoms with Gasteiger partial charge in [-0.2, -0.15) is 5.06 Å². The number of esters is 1. The lowest BCUT2D eigenvalue weighted by Gasteiger charge is -2.53. The first-order chi connectivity index (χ1) is 15.2. The fourth-order valence-electron chi connectivity index (χ4n) is 5.15. The number of hydrogen-bond donors (Lipinski definition) is 1. The molecule has 0 aromatic heterocycles. The third-order valence-corrected chi connectivity index (χ3v) is 6.61. The lowest BCUT2D eigenvalue weighted by atomic mass is 9.80.